The number of nitrogens with zero attached hydrogens (tertiary/aromatic N) is 3. The molecule has 1 aromatic heterocycles. The molecule has 0 atom stereocenters. The molecule has 0 radical (unpaired) electrons. The molecule has 0 N–H and O–H groups in total. The van der Waals surface area contributed by atoms with Crippen LogP contribution >= 0.6 is 0 Å². The quantitative estimate of drug-likeness (QED) is 0.845. The van der Waals surface area contributed by atoms with E-state index in [4.69, 9.17) is 4.74 Å². The van der Waals surface area contributed by atoms with Crippen LogP contribution in [0.2, 0.25) is 0 Å². The molecule has 23 heavy (non-hydrogen) atoms. The van der Waals surface area contributed by atoms with Crippen molar-refractivity contribution >= 4 is 0 Å². The van der Waals surface area contributed by atoms with Gasteiger partial charge in [-0.15, -0.1) is 0 Å². The highest BCUT2D eigenvalue weighted by Gasteiger charge is 2.22. The molecular weight excluding hydrogens is 301 g/mol. The molecule has 7 heteroatoms. The molecule has 0 saturated carbocycles. The highest BCUT2D eigenvalue weighted by Crippen LogP contribution is 2.13. The number of halogens is 1. The van der Waals surface area contributed by atoms with E-state index >= 15 is 0 Å². The molecular formula is C16H14FN3O3. The van der Waals surface area contributed by atoms with Crippen LogP contribution in [0.3, 0.4) is 0 Å². The first-order valence-corrected chi connectivity index (χ1v) is 7.27. The molecule has 0 spiro atoms. The SMILES string of the molecule is N#Cc1c2n(c(=O)n(CCOc3ccc(F)cc3)c1=O)CCC2. The zero-order valence-electron chi connectivity index (χ0n) is 12.3. The Balaban J connectivity index is 1.84. The molecule has 1 aliphatic heterocycles. The number of hydrogen-bond acceptors (Lipinski definition) is 4. The summed E-state index contributed by atoms with van der Waals surface area (Å²) in [5, 5.41) is 9.18. The normalized spacial score (nSPS) is 12.7. The minimum absolute atomic E-state index is 0.0314. The molecule has 2 heterocycles. The Labute approximate surface area is 131 Å². The fourth-order valence-electron chi connectivity index (χ4n) is 2.73. The van der Waals surface area contributed by atoms with E-state index in [-0.39, 0.29) is 24.5 Å². The highest BCUT2D eigenvalue weighted by molar-refractivity contribution is 5.32. The number of aromatic nitrogens is 2. The van der Waals surface area contributed by atoms with Crippen LogP contribution in [0.4, 0.5) is 4.39 Å². The van der Waals surface area contributed by atoms with Crippen molar-refractivity contribution in [3.63, 3.8) is 0 Å². The van der Waals surface area contributed by atoms with Gasteiger partial charge in [0.15, 0.2) is 0 Å². The van der Waals surface area contributed by atoms with Gasteiger partial charge in [0.2, 0.25) is 0 Å². The average molecular weight is 315 g/mol. The second-order valence-corrected chi connectivity index (χ2v) is 5.23. The lowest BCUT2D eigenvalue weighted by Gasteiger charge is -2.11. The summed E-state index contributed by atoms with van der Waals surface area (Å²) in [5.74, 6) is 0.0744. The molecule has 0 aliphatic carbocycles. The summed E-state index contributed by atoms with van der Waals surface area (Å²) in [4.78, 5) is 24.6. The van der Waals surface area contributed by atoms with Gasteiger partial charge < -0.3 is 4.74 Å². The highest BCUT2D eigenvalue weighted by atomic mass is 19.1. The van der Waals surface area contributed by atoms with Gasteiger partial charge in [-0.25, -0.2) is 9.18 Å². The summed E-state index contributed by atoms with van der Waals surface area (Å²) < 4.78 is 20.7. The van der Waals surface area contributed by atoms with Crippen LogP contribution in [0.15, 0.2) is 33.9 Å². The number of benzene rings is 1. The van der Waals surface area contributed by atoms with Gasteiger partial charge in [0.25, 0.3) is 5.56 Å². The average Bonchev–Trinajstić information content (AvgIpc) is 3.02. The summed E-state index contributed by atoms with van der Waals surface area (Å²) in [7, 11) is 0. The minimum atomic E-state index is -0.576. The standard InChI is InChI=1S/C16H14FN3O3/c17-11-3-5-12(6-4-11)23-9-8-20-15(21)13(10-18)14-2-1-7-19(14)16(20)22/h3-6H,1-2,7-9H2. The van der Waals surface area contributed by atoms with Gasteiger partial charge in [0, 0.05) is 12.2 Å². The topological polar surface area (TPSA) is 77.0 Å². The molecule has 6 nitrogen and oxygen atoms in total. The van der Waals surface area contributed by atoms with Crippen LogP contribution in [-0.4, -0.2) is 15.7 Å². The summed E-state index contributed by atoms with van der Waals surface area (Å²) in [6, 6.07) is 7.36. The van der Waals surface area contributed by atoms with Crippen LogP contribution in [0.1, 0.15) is 17.7 Å². The smallest absolute Gasteiger partial charge is 0.331 e. The molecule has 2 aromatic rings. The van der Waals surface area contributed by atoms with E-state index in [1.807, 2.05) is 6.07 Å². The zero-order chi connectivity index (χ0) is 16.4. The number of fused-ring (bicyclic) bond motifs is 1. The van der Waals surface area contributed by atoms with Crippen LogP contribution in [-0.2, 0) is 19.5 Å². The molecule has 1 aromatic carbocycles. The van der Waals surface area contributed by atoms with Crippen molar-refractivity contribution in [2.45, 2.75) is 25.9 Å². The van der Waals surface area contributed by atoms with Gasteiger partial charge >= 0.3 is 5.69 Å². The Morgan fingerprint density at radius 1 is 1.26 bits per heavy atom. The Hall–Kier alpha value is -2.88. The van der Waals surface area contributed by atoms with E-state index in [1.54, 1.807) is 0 Å². The van der Waals surface area contributed by atoms with Crippen LogP contribution in [0, 0.1) is 17.1 Å². The lowest BCUT2D eigenvalue weighted by molar-refractivity contribution is 0.291. The van der Waals surface area contributed by atoms with Gasteiger partial charge in [0.1, 0.15) is 29.8 Å². The van der Waals surface area contributed by atoms with Crippen molar-refractivity contribution < 1.29 is 9.13 Å². The van der Waals surface area contributed by atoms with E-state index in [1.165, 1.54) is 28.8 Å². The predicted octanol–water partition coefficient (Wildman–Crippen LogP) is 1.05. The zero-order valence-corrected chi connectivity index (χ0v) is 12.3. The Morgan fingerprint density at radius 2 is 2.00 bits per heavy atom. The van der Waals surface area contributed by atoms with Crippen LogP contribution in [0.5, 0.6) is 5.75 Å². The van der Waals surface area contributed by atoms with Gasteiger partial charge in [-0.2, -0.15) is 5.26 Å². The third-order valence-electron chi connectivity index (χ3n) is 3.84. The minimum Gasteiger partial charge on any atom is -0.492 e. The number of nitriles is 1. The fraction of sp³-hybridized carbons (Fsp3) is 0.312. The van der Waals surface area contributed by atoms with Crippen molar-refractivity contribution in [2.24, 2.45) is 0 Å². The Bertz CT molecular complexity index is 891. The lowest BCUT2D eigenvalue weighted by atomic mass is 10.2. The molecule has 3 rings (SSSR count). The van der Waals surface area contributed by atoms with Crippen LogP contribution in [0.25, 0.3) is 0 Å². The maximum atomic E-state index is 12.8. The Morgan fingerprint density at radius 3 is 2.70 bits per heavy atom. The van der Waals surface area contributed by atoms with Crippen molar-refractivity contribution in [3.8, 4) is 11.8 Å². The second-order valence-electron chi connectivity index (χ2n) is 5.23. The predicted molar refractivity (Wildman–Crippen MR) is 79.9 cm³/mol. The van der Waals surface area contributed by atoms with E-state index in [0.717, 1.165) is 11.0 Å². The molecule has 0 saturated heterocycles. The van der Waals surface area contributed by atoms with Gasteiger partial charge in [-0.05, 0) is 37.1 Å². The van der Waals surface area contributed by atoms with Crippen molar-refractivity contribution in [3.05, 3.63) is 62.2 Å². The summed E-state index contributed by atoms with van der Waals surface area (Å²) in [6.07, 6.45) is 1.32. The Kier molecular flexibility index (Phi) is 3.98. The van der Waals surface area contributed by atoms with E-state index in [2.05, 4.69) is 0 Å². The number of rotatable bonds is 4. The summed E-state index contributed by atoms with van der Waals surface area (Å²) in [5.41, 5.74) is -0.431. The van der Waals surface area contributed by atoms with Crippen LogP contribution < -0.4 is 16.0 Å². The lowest BCUT2D eigenvalue weighted by Crippen LogP contribution is -2.42. The summed E-state index contributed by atoms with van der Waals surface area (Å²) >= 11 is 0. The first-order chi connectivity index (χ1) is 11.1. The summed E-state index contributed by atoms with van der Waals surface area (Å²) in [6.45, 7) is 0.622. The molecule has 118 valence electrons. The van der Waals surface area contributed by atoms with Gasteiger partial charge in [-0.1, -0.05) is 0 Å². The molecule has 1 aliphatic rings. The van der Waals surface area contributed by atoms with Crippen molar-refractivity contribution in [1.82, 2.24) is 9.13 Å². The third kappa shape index (κ3) is 2.75. The maximum absolute atomic E-state index is 12.8. The van der Waals surface area contributed by atoms with Gasteiger partial charge in [0.05, 0.1) is 6.54 Å². The second kappa shape index (κ2) is 6.08. The largest absolute Gasteiger partial charge is 0.492 e. The molecule has 0 fully saturated rings. The van der Waals surface area contributed by atoms with Crippen molar-refractivity contribution in [1.29, 1.82) is 5.26 Å². The number of ether oxygens (including phenoxy) is 1. The molecule has 0 bridgehead atoms. The number of hydrogen-bond donors (Lipinski definition) is 0. The monoisotopic (exact) mass is 315 g/mol. The fourth-order valence-corrected chi connectivity index (χ4v) is 2.73. The van der Waals surface area contributed by atoms with E-state index < -0.39 is 11.2 Å². The van der Waals surface area contributed by atoms with Crippen molar-refractivity contribution in [2.75, 3.05) is 6.61 Å². The first kappa shape index (κ1) is 15.0. The third-order valence-corrected chi connectivity index (χ3v) is 3.84. The maximum Gasteiger partial charge on any atom is 0.331 e. The van der Waals surface area contributed by atoms with Gasteiger partial charge in [-0.3, -0.25) is 13.9 Å². The van der Waals surface area contributed by atoms with E-state index in [0.29, 0.717) is 24.4 Å². The molecule has 0 amide bonds. The first-order valence-electron chi connectivity index (χ1n) is 7.27. The van der Waals surface area contributed by atoms with E-state index in [9.17, 15) is 19.2 Å². The molecule has 0 unspecified atom stereocenters.